The lowest BCUT2D eigenvalue weighted by atomic mass is 9.89. The van der Waals surface area contributed by atoms with Crippen molar-refractivity contribution in [3.05, 3.63) is 35.4 Å². The Morgan fingerprint density at radius 2 is 1.57 bits per heavy atom. The summed E-state index contributed by atoms with van der Waals surface area (Å²) < 4.78 is 0. The van der Waals surface area contributed by atoms with Crippen molar-refractivity contribution in [1.82, 2.24) is 9.80 Å². The fourth-order valence-electron chi connectivity index (χ4n) is 5.21. The van der Waals surface area contributed by atoms with Gasteiger partial charge >= 0.3 is 0 Å². The van der Waals surface area contributed by atoms with E-state index in [0.29, 0.717) is 0 Å². The van der Waals surface area contributed by atoms with Gasteiger partial charge in [-0.05, 0) is 94.6 Å². The van der Waals surface area contributed by atoms with Gasteiger partial charge in [0.1, 0.15) is 0 Å². The van der Waals surface area contributed by atoms with E-state index < -0.39 is 0 Å². The molecule has 2 heteroatoms. The Hall–Kier alpha value is -0.860. The molecule has 3 aliphatic rings. The Balaban J connectivity index is 1.24. The third-order valence-electron chi connectivity index (χ3n) is 6.68. The molecule has 2 heterocycles. The van der Waals surface area contributed by atoms with E-state index in [-0.39, 0.29) is 0 Å². The van der Waals surface area contributed by atoms with Crippen LogP contribution in [0.2, 0.25) is 0 Å². The SMILES string of the molecule is C[C@H](C1CCN(CC2Cc3ccccc3C2)CC1)N1CCCC1. The molecular formula is C21H32N2. The van der Waals surface area contributed by atoms with Crippen molar-refractivity contribution in [3.8, 4) is 0 Å². The summed E-state index contributed by atoms with van der Waals surface area (Å²) >= 11 is 0. The predicted octanol–water partition coefficient (Wildman–Crippen LogP) is 3.60. The second-order valence-electron chi connectivity index (χ2n) is 8.16. The third kappa shape index (κ3) is 3.49. The number of hydrogen-bond donors (Lipinski definition) is 0. The van der Waals surface area contributed by atoms with E-state index in [1.807, 2.05) is 0 Å². The van der Waals surface area contributed by atoms with Crippen LogP contribution in [0.1, 0.15) is 43.7 Å². The van der Waals surface area contributed by atoms with Crippen LogP contribution < -0.4 is 0 Å². The van der Waals surface area contributed by atoms with E-state index in [1.165, 1.54) is 71.2 Å². The molecule has 2 nitrogen and oxygen atoms in total. The smallest absolute Gasteiger partial charge is 0.00961 e. The molecule has 0 radical (unpaired) electrons. The fourth-order valence-corrected chi connectivity index (χ4v) is 5.21. The molecule has 0 spiro atoms. The molecule has 1 aromatic carbocycles. The van der Waals surface area contributed by atoms with E-state index in [2.05, 4.69) is 41.0 Å². The van der Waals surface area contributed by atoms with Gasteiger partial charge in [-0.2, -0.15) is 0 Å². The Bertz CT molecular complexity index is 487. The summed E-state index contributed by atoms with van der Waals surface area (Å²) in [7, 11) is 0. The van der Waals surface area contributed by atoms with Crippen molar-refractivity contribution < 1.29 is 0 Å². The second kappa shape index (κ2) is 6.94. The first-order valence-electron chi connectivity index (χ1n) is 9.83. The average molecular weight is 313 g/mol. The molecule has 1 atom stereocenters. The Labute approximate surface area is 141 Å². The number of hydrogen-bond acceptors (Lipinski definition) is 2. The zero-order valence-electron chi connectivity index (χ0n) is 14.7. The number of fused-ring (bicyclic) bond motifs is 1. The minimum absolute atomic E-state index is 0.815. The number of likely N-dealkylation sites (tertiary alicyclic amines) is 2. The first-order chi connectivity index (χ1) is 11.3. The third-order valence-corrected chi connectivity index (χ3v) is 6.68. The molecule has 0 saturated carbocycles. The highest BCUT2D eigenvalue weighted by molar-refractivity contribution is 5.32. The fraction of sp³-hybridized carbons (Fsp3) is 0.714. The molecule has 23 heavy (non-hydrogen) atoms. The van der Waals surface area contributed by atoms with Gasteiger partial charge in [0.2, 0.25) is 0 Å². The van der Waals surface area contributed by atoms with Crippen LogP contribution in [0.25, 0.3) is 0 Å². The highest BCUT2D eigenvalue weighted by atomic mass is 15.2. The van der Waals surface area contributed by atoms with Crippen molar-refractivity contribution in [2.75, 3.05) is 32.7 Å². The molecule has 0 N–H and O–H groups in total. The van der Waals surface area contributed by atoms with Crippen LogP contribution in [-0.2, 0) is 12.8 Å². The lowest BCUT2D eigenvalue weighted by Crippen LogP contribution is -2.44. The van der Waals surface area contributed by atoms with Crippen molar-refractivity contribution >= 4 is 0 Å². The summed E-state index contributed by atoms with van der Waals surface area (Å²) in [6.07, 6.45) is 8.28. The lowest BCUT2D eigenvalue weighted by molar-refractivity contribution is 0.103. The number of piperidine rings is 1. The minimum atomic E-state index is 0.815. The van der Waals surface area contributed by atoms with E-state index >= 15 is 0 Å². The normalized spacial score (nSPS) is 25.8. The zero-order valence-corrected chi connectivity index (χ0v) is 14.7. The molecule has 0 aromatic heterocycles. The molecule has 2 aliphatic heterocycles. The summed E-state index contributed by atoms with van der Waals surface area (Å²) in [6.45, 7) is 9.16. The first kappa shape index (κ1) is 15.7. The Kier molecular flexibility index (Phi) is 4.73. The van der Waals surface area contributed by atoms with Gasteiger partial charge in [-0.15, -0.1) is 0 Å². The summed E-state index contributed by atoms with van der Waals surface area (Å²) in [4.78, 5) is 5.50. The van der Waals surface area contributed by atoms with Crippen LogP contribution in [0.5, 0.6) is 0 Å². The zero-order chi connectivity index (χ0) is 15.6. The topological polar surface area (TPSA) is 6.48 Å². The Morgan fingerprint density at radius 3 is 2.17 bits per heavy atom. The first-order valence-corrected chi connectivity index (χ1v) is 9.83. The molecule has 126 valence electrons. The van der Waals surface area contributed by atoms with Gasteiger partial charge in [0.05, 0.1) is 0 Å². The monoisotopic (exact) mass is 312 g/mol. The molecule has 2 saturated heterocycles. The number of nitrogens with zero attached hydrogens (tertiary/aromatic N) is 2. The molecule has 4 rings (SSSR count). The van der Waals surface area contributed by atoms with Crippen LogP contribution in [0.15, 0.2) is 24.3 Å². The molecule has 1 aliphatic carbocycles. The highest BCUT2D eigenvalue weighted by Gasteiger charge is 2.30. The Morgan fingerprint density at radius 1 is 0.957 bits per heavy atom. The average Bonchev–Trinajstić information content (AvgIpc) is 3.24. The molecule has 0 bridgehead atoms. The maximum absolute atomic E-state index is 2.75. The standard InChI is InChI=1S/C21H32N2/c1-17(23-10-4-5-11-23)19-8-12-22(13-9-19)16-18-14-20-6-2-3-7-21(20)15-18/h2-3,6-7,17-19H,4-5,8-16H2,1H3/t17-/m1/s1. The summed E-state index contributed by atoms with van der Waals surface area (Å²) in [6, 6.07) is 9.88. The van der Waals surface area contributed by atoms with Gasteiger partial charge in [-0.3, -0.25) is 0 Å². The van der Waals surface area contributed by atoms with Crippen molar-refractivity contribution in [3.63, 3.8) is 0 Å². The van der Waals surface area contributed by atoms with Crippen molar-refractivity contribution in [1.29, 1.82) is 0 Å². The summed E-state index contributed by atoms with van der Waals surface area (Å²) in [5, 5.41) is 0. The maximum Gasteiger partial charge on any atom is 0.00961 e. The maximum atomic E-state index is 2.75. The predicted molar refractivity (Wildman–Crippen MR) is 96.8 cm³/mol. The van der Waals surface area contributed by atoms with Crippen molar-refractivity contribution in [2.45, 2.75) is 51.5 Å². The van der Waals surface area contributed by atoms with Crippen LogP contribution >= 0.6 is 0 Å². The van der Waals surface area contributed by atoms with Crippen LogP contribution in [0, 0.1) is 11.8 Å². The number of rotatable bonds is 4. The molecule has 1 aromatic rings. The molecule has 2 fully saturated rings. The van der Waals surface area contributed by atoms with Crippen LogP contribution in [0.3, 0.4) is 0 Å². The van der Waals surface area contributed by atoms with E-state index in [1.54, 1.807) is 11.1 Å². The van der Waals surface area contributed by atoms with E-state index in [0.717, 1.165) is 17.9 Å². The largest absolute Gasteiger partial charge is 0.303 e. The van der Waals surface area contributed by atoms with Gasteiger partial charge in [0, 0.05) is 12.6 Å². The van der Waals surface area contributed by atoms with E-state index in [9.17, 15) is 0 Å². The van der Waals surface area contributed by atoms with E-state index in [4.69, 9.17) is 0 Å². The van der Waals surface area contributed by atoms with Gasteiger partial charge in [0.15, 0.2) is 0 Å². The quantitative estimate of drug-likeness (QED) is 0.838. The van der Waals surface area contributed by atoms with Crippen LogP contribution in [-0.4, -0.2) is 48.6 Å². The van der Waals surface area contributed by atoms with Gasteiger partial charge < -0.3 is 9.80 Å². The number of benzene rings is 1. The van der Waals surface area contributed by atoms with Gasteiger partial charge in [-0.1, -0.05) is 24.3 Å². The molecule has 0 amide bonds. The summed E-state index contributed by atoms with van der Waals surface area (Å²) in [5.41, 5.74) is 3.21. The second-order valence-corrected chi connectivity index (χ2v) is 8.16. The highest BCUT2D eigenvalue weighted by Crippen LogP contribution is 2.30. The minimum Gasteiger partial charge on any atom is -0.303 e. The van der Waals surface area contributed by atoms with Crippen molar-refractivity contribution in [2.24, 2.45) is 11.8 Å². The molecular weight excluding hydrogens is 280 g/mol. The van der Waals surface area contributed by atoms with Gasteiger partial charge in [-0.25, -0.2) is 0 Å². The van der Waals surface area contributed by atoms with Crippen LogP contribution in [0.4, 0.5) is 0 Å². The molecule has 0 unspecified atom stereocenters. The lowest BCUT2D eigenvalue weighted by Gasteiger charge is -2.39. The van der Waals surface area contributed by atoms with Gasteiger partial charge in [0.25, 0.3) is 0 Å². The summed E-state index contributed by atoms with van der Waals surface area (Å²) in [5.74, 6) is 1.80.